The van der Waals surface area contributed by atoms with Gasteiger partial charge in [-0.05, 0) is 146 Å². The van der Waals surface area contributed by atoms with Crippen LogP contribution in [-0.2, 0) is 23.9 Å². The molecule has 13 nitrogen and oxygen atoms in total. The van der Waals surface area contributed by atoms with Gasteiger partial charge in [0.2, 0.25) is 17.7 Å². The first-order chi connectivity index (χ1) is 28.8. The molecule has 2 aliphatic heterocycles. The largest absolute Gasteiger partial charge is 0.495 e. The van der Waals surface area contributed by atoms with Crippen LogP contribution >= 0.6 is 0 Å². The van der Waals surface area contributed by atoms with Crippen molar-refractivity contribution in [3.8, 4) is 17.2 Å². The Morgan fingerprint density at radius 1 is 0.833 bits per heavy atom. The van der Waals surface area contributed by atoms with Gasteiger partial charge in [0.15, 0.2) is 0 Å². The Balaban J connectivity index is 0.893. The van der Waals surface area contributed by atoms with Gasteiger partial charge in [-0.15, -0.1) is 0 Å². The molecule has 1 aliphatic carbocycles. The van der Waals surface area contributed by atoms with Crippen LogP contribution in [0.1, 0.15) is 72.1 Å². The number of methoxy groups -OCH3 is 1. The molecule has 2 saturated heterocycles. The number of likely N-dealkylation sites (tertiary alicyclic amines) is 1. The van der Waals surface area contributed by atoms with Gasteiger partial charge in [-0.1, -0.05) is 0 Å². The average Bonchev–Trinajstić information content (AvgIpc) is 4.06. The number of ether oxygens (including phenoxy) is 3. The van der Waals surface area contributed by atoms with Crippen molar-refractivity contribution in [3.05, 3.63) is 78.7 Å². The summed E-state index contributed by atoms with van der Waals surface area (Å²) >= 11 is 0. The Morgan fingerprint density at radius 3 is 2.07 bits per heavy atom. The fraction of sp³-hybridized carbons (Fsp3) is 0.457. The summed E-state index contributed by atoms with van der Waals surface area (Å²) in [4.78, 5) is 60.5. The standard InChI is InChI=1S/C46H55FN6O7/c1-45(2,3)60-41(54)6-5-22-49-42(55)30-16-24-52(25-17-30)34-18-26-53(27-19-34)38-29-37-36(28-40(38)58-4)39(15-23-48-37)59-35-13-11-33(12-14-35)51-44(57)46(20-21-46)43(56)50-32-9-7-31(47)8-10-32/h7-15,23,28-30,34H,5-6,16-22,24-27H2,1-4H3,(H,49,55)(H,50,56)(H,51,57). The number of piperidine rings is 2. The lowest BCUT2D eigenvalue weighted by Crippen LogP contribution is -2.49. The minimum Gasteiger partial charge on any atom is -0.495 e. The number of benzene rings is 3. The van der Waals surface area contributed by atoms with Gasteiger partial charge in [-0.2, -0.15) is 0 Å². The van der Waals surface area contributed by atoms with Crippen molar-refractivity contribution in [3.63, 3.8) is 0 Å². The highest BCUT2D eigenvalue weighted by Gasteiger charge is 2.56. The van der Waals surface area contributed by atoms with Gasteiger partial charge in [0.05, 0.1) is 18.3 Å². The summed E-state index contributed by atoms with van der Waals surface area (Å²) in [5.41, 5.74) is 1.04. The Labute approximate surface area is 350 Å². The number of hydrogen-bond acceptors (Lipinski definition) is 10. The van der Waals surface area contributed by atoms with Crippen molar-refractivity contribution >= 4 is 51.7 Å². The summed E-state index contributed by atoms with van der Waals surface area (Å²) in [6.07, 6.45) is 7.09. The number of fused-ring (bicyclic) bond motifs is 1. The molecule has 3 fully saturated rings. The number of halogens is 1. The predicted octanol–water partition coefficient (Wildman–Crippen LogP) is 7.45. The van der Waals surface area contributed by atoms with E-state index in [-0.39, 0.29) is 17.8 Å². The van der Waals surface area contributed by atoms with Gasteiger partial charge in [-0.3, -0.25) is 24.2 Å². The number of nitrogens with one attached hydrogen (secondary N) is 3. The molecule has 0 atom stereocenters. The summed E-state index contributed by atoms with van der Waals surface area (Å²) < 4.78 is 30.9. The second kappa shape index (κ2) is 18.2. The highest BCUT2D eigenvalue weighted by molar-refractivity contribution is 6.17. The molecule has 0 bridgehead atoms. The molecule has 3 N–H and O–H groups in total. The number of amides is 3. The molecule has 14 heteroatoms. The molecule has 3 amide bonds. The smallest absolute Gasteiger partial charge is 0.306 e. The maximum Gasteiger partial charge on any atom is 0.306 e. The molecule has 0 radical (unpaired) electrons. The highest BCUT2D eigenvalue weighted by Crippen LogP contribution is 2.48. The van der Waals surface area contributed by atoms with E-state index in [0.29, 0.717) is 61.1 Å². The van der Waals surface area contributed by atoms with Crippen LogP contribution in [-0.4, -0.2) is 85.1 Å². The average molecular weight is 823 g/mol. The van der Waals surface area contributed by atoms with E-state index in [2.05, 4.69) is 36.8 Å². The third-order valence-electron chi connectivity index (χ3n) is 11.6. The van der Waals surface area contributed by atoms with Crippen molar-refractivity contribution in [2.75, 3.05) is 55.4 Å². The number of anilines is 3. The lowest BCUT2D eigenvalue weighted by molar-refractivity contribution is -0.155. The van der Waals surface area contributed by atoms with E-state index in [1.165, 1.54) is 24.3 Å². The summed E-state index contributed by atoms with van der Waals surface area (Å²) in [6, 6.07) is 18.7. The van der Waals surface area contributed by atoms with E-state index >= 15 is 0 Å². The normalized spacial score (nSPS) is 17.1. The molecule has 3 aromatic carbocycles. The molecule has 4 aromatic rings. The van der Waals surface area contributed by atoms with Crippen LogP contribution in [0.25, 0.3) is 10.9 Å². The number of nitrogens with zero attached hydrogens (tertiary/aromatic N) is 3. The van der Waals surface area contributed by atoms with Crippen LogP contribution in [0.3, 0.4) is 0 Å². The first-order valence-corrected chi connectivity index (χ1v) is 20.9. The zero-order valence-electron chi connectivity index (χ0n) is 34.9. The summed E-state index contributed by atoms with van der Waals surface area (Å²) in [7, 11) is 1.67. The number of esters is 1. The summed E-state index contributed by atoms with van der Waals surface area (Å²) in [5.74, 6) is 0.509. The second-order valence-corrected chi connectivity index (χ2v) is 17.0. The van der Waals surface area contributed by atoms with Gasteiger partial charge in [0.25, 0.3) is 0 Å². The van der Waals surface area contributed by atoms with E-state index in [9.17, 15) is 23.6 Å². The minimum absolute atomic E-state index is 0.00383. The number of pyridine rings is 1. The molecule has 60 heavy (non-hydrogen) atoms. The van der Waals surface area contributed by atoms with Crippen molar-refractivity contribution in [2.24, 2.45) is 11.3 Å². The SMILES string of the molecule is COc1cc2c(Oc3ccc(NC(=O)C4(C(=O)Nc5ccc(F)cc5)CC4)cc3)ccnc2cc1N1CCC(N2CCC(C(=O)NCCCC(=O)OC(C)(C)C)CC2)CC1. The van der Waals surface area contributed by atoms with E-state index in [1.807, 2.05) is 26.8 Å². The van der Waals surface area contributed by atoms with E-state index in [4.69, 9.17) is 14.2 Å². The van der Waals surface area contributed by atoms with Gasteiger partial charge in [0.1, 0.15) is 34.1 Å². The lowest BCUT2D eigenvalue weighted by Gasteiger charge is -2.42. The number of carbonyl (C=O) groups is 4. The Kier molecular flexibility index (Phi) is 12.9. The lowest BCUT2D eigenvalue weighted by atomic mass is 9.92. The molecule has 0 spiro atoms. The van der Waals surface area contributed by atoms with Crippen LogP contribution in [0, 0.1) is 17.2 Å². The first kappa shape index (κ1) is 42.4. The highest BCUT2D eigenvalue weighted by atomic mass is 19.1. The molecule has 1 aromatic heterocycles. The zero-order chi connectivity index (χ0) is 42.4. The van der Waals surface area contributed by atoms with Crippen molar-refractivity contribution < 1.29 is 37.8 Å². The predicted molar refractivity (Wildman–Crippen MR) is 228 cm³/mol. The zero-order valence-corrected chi connectivity index (χ0v) is 34.9. The fourth-order valence-electron chi connectivity index (χ4n) is 8.07. The number of rotatable bonds is 14. The quantitative estimate of drug-likeness (QED) is 0.0665. The second-order valence-electron chi connectivity index (χ2n) is 17.0. The molecule has 0 unspecified atom stereocenters. The van der Waals surface area contributed by atoms with Crippen LogP contribution < -0.4 is 30.3 Å². The summed E-state index contributed by atoms with van der Waals surface area (Å²) in [5, 5.41) is 9.40. The van der Waals surface area contributed by atoms with E-state index < -0.39 is 28.6 Å². The van der Waals surface area contributed by atoms with Gasteiger partial charge in [-0.25, -0.2) is 4.39 Å². The molecule has 3 heterocycles. The molecule has 318 valence electrons. The van der Waals surface area contributed by atoms with Gasteiger partial charge < -0.3 is 40.0 Å². The molecule has 3 aliphatic rings. The van der Waals surface area contributed by atoms with Gasteiger partial charge >= 0.3 is 5.97 Å². The maximum absolute atomic E-state index is 13.3. The monoisotopic (exact) mass is 822 g/mol. The van der Waals surface area contributed by atoms with Crippen LogP contribution in [0.15, 0.2) is 72.9 Å². The third kappa shape index (κ3) is 10.3. The van der Waals surface area contributed by atoms with Crippen molar-refractivity contribution in [1.29, 1.82) is 0 Å². The third-order valence-corrected chi connectivity index (χ3v) is 11.6. The topological polar surface area (TPSA) is 151 Å². The molecular weight excluding hydrogens is 768 g/mol. The van der Waals surface area contributed by atoms with Crippen molar-refractivity contribution in [2.45, 2.75) is 83.8 Å². The number of carbonyl (C=O) groups excluding carboxylic acids is 4. The summed E-state index contributed by atoms with van der Waals surface area (Å²) in [6.45, 7) is 9.54. The fourth-order valence-corrected chi connectivity index (χ4v) is 8.07. The van der Waals surface area contributed by atoms with E-state index in [0.717, 1.165) is 74.2 Å². The Morgan fingerprint density at radius 2 is 1.47 bits per heavy atom. The minimum atomic E-state index is -1.17. The first-order valence-electron chi connectivity index (χ1n) is 20.9. The van der Waals surface area contributed by atoms with Gasteiger partial charge in [0, 0.05) is 61.0 Å². The molecule has 1 saturated carbocycles. The molecule has 7 rings (SSSR count). The number of hydrogen-bond donors (Lipinski definition) is 3. The Hall–Kier alpha value is -5.76. The Bertz CT molecular complexity index is 2170. The van der Waals surface area contributed by atoms with E-state index in [1.54, 1.807) is 43.6 Å². The molecular formula is C46H55FN6O7. The number of aromatic nitrogens is 1. The van der Waals surface area contributed by atoms with Crippen LogP contribution in [0.4, 0.5) is 21.5 Å². The van der Waals surface area contributed by atoms with Crippen molar-refractivity contribution in [1.82, 2.24) is 15.2 Å². The maximum atomic E-state index is 13.3. The van der Waals surface area contributed by atoms with Crippen LogP contribution in [0.2, 0.25) is 0 Å². The van der Waals surface area contributed by atoms with Crippen LogP contribution in [0.5, 0.6) is 17.2 Å².